The van der Waals surface area contributed by atoms with Crippen molar-refractivity contribution in [3.8, 4) is 0 Å². The van der Waals surface area contributed by atoms with Gasteiger partial charge in [0.15, 0.2) is 0 Å². The van der Waals surface area contributed by atoms with E-state index in [1.807, 2.05) is 26.0 Å². The second-order valence-corrected chi connectivity index (χ2v) is 6.81. The highest BCUT2D eigenvalue weighted by molar-refractivity contribution is 6.17. The summed E-state index contributed by atoms with van der Waals surface area (Å²) in [5.74, 6) is -0.911. The summed E-state index contributed by atoms with van der Waals surface area (Å²) in [4.78, 5) is 25.2. The van der Waals surface area contributed by atoms with Crippen molar-refractivity contribution in [2.75, 3.05) is 10.6 Å². The molecule has 1 aliphatic carbocycles. The molecule has 0 spiro atoms. The third-order valence-corrected chi connectivity index (χ3v) is 4.94. The Labute approximate surface area is 154 Å². The number of anilines is 2. The first-order valence-electron chi connectivity index (χ1n) is 8.50. The number of hydrogen-bond donors (Lipinski definition) is 2. The highest BCUT2D eigenvalue weighted by Gasteiger charge is 2.56. The smallest absolute Gasteiger partial charge is 0.325 e. The Kier molecular flexibility index (Phi) is 4.71. The molecule has 0 saturated heterocycles. The number of carbonyl (C=O) groups excluding carboxylic acids is 2. The molecule has 0 radical (unpaired) electrons. The summed E-state index contributed by atoms with van der Waals surface area (Å²) in [5, 5.41) is 5.35. The maximum absolute atomic E-state index is 12.7. The van der Waals surface area contributed by atoms with E-state index in [0.717, 1.165) is 23.3 Å². The molecule has 0 atom stereocenters. The minimum absolute atomic E-state index is 0.221. The number of aryl methyl sites for hydroxylation is 1. The highest BCUT2D eigenvalue weighted by atomic mass is 19.4. The van der Waals surface area contributed by atoms with Crippen LogP contribution in [-0.4, -0.2) is 11.8 Å². The molecule has 4 nitrogen and oxygen atoms in total. The fourth-order valence-electron chi connectivity index (χ4n) is 2.80. The molecule has 1 saturated carbocycles. The van der Waals surface area contributed by atoms with Gasteiger partial charge in [0.2, 0.25) is 11.8 Å². The molecule has 0 heterocycles. The van der Waals surface area contributed by atoms with Crippen LogP contribution in [0.25, 0.3) is 0 Å². The fraction of sp³-hybridized carbons (Fsp3) is 0.300. The lowest BCUT2D eigenvalue weighted by Gasteiger charge is -2.17. The Morgan fingerprint density at radius 3 is 2.07 bits per heavy atom. The number of nitrogens with one attached hydrogen (secondary N) is 2. The van der Waals surface area contributed by atoms with E-state index in [1.165, 1.54) is 12.1 Å². The second kappa shape index (κ2) is 6.72. The van der Waals surface area contributed by atoms with Gasteiger partial charge in [-0.25, -0.2) is 0 Å². The molecular formula is C20H19F3N2O2. The van der Waals surface area contributed by atoms with Gasteiger partial charge in [0.25, 0.3) is 0 Å². The first-order valence-corrected chi connectivity index (χ1v) is 8.50. The Morgan fingerprint density at radius 2 is 1.52 bits per heavy atom. The van der Waals surface area contributed by atoms with Crippen molar-refractivity contribution in [2.45, 2.75) is 32.9 Å². The van der Waals surface area contributed by atoms with Crippen molar-refractivity contribution >= 4 is 23.2 Å². The summed E-state index contributed by atoms with van der Waals surface area (Å²) in [7, 11) is 0. The number of rotatable bonds is 4. The second-order valence-electron chi connectivity index (χ2n) is 6.81. The lowest BCUT2D eigenvalue weighted by molar-refractivity contribution is -0.137. The van der Waals surface area contributed by atoms with Gasteiger partial charge >= 0.3 is 6.18 Å². The van der Waals surface area contributed by atoms with E-state index < -0.39 is 29.0 Å². The summed E-state index contributed by atoms with van der Waals surface area (Å²) in [6.07, 6.45) is -3.64. The maximum atomic E-state index is 12.7. The molecule has 2 N–H and O–H groups in total. The minimum atomic E-state index is -4.44. The molecule has 2 amide bonds. The molecule has 0 bridgehead atoms. The SMILES string of the molecule is Cc1cccc(NC(=O)C2(C(=O)Nc3ccc(C(F)(F)F)cc3)CC2)c1C. The van der Waals surface area contributed by atoms with Gasteiger partial charge in [-0.05, 0) is 68.1 Å². The quantitative estimate of drug-likeness (QED) is 0.762. The zero-order valence-electron chi connectivity index (χ0n) is 14.9. The topological polar surface area (TPSA) is 58.2 Å². The Hall–Kier alpha value is -2.83. The number of carbonyl (C=O) groups is 2. The maximum Gasteiger partial charge on any atom is 0.416 e. The van der Waals surface area contributed by atoms with Gasteiger partial charge < -0.3 is 10.6 Å². The normalized spacial score (nSPS) is 15.1. The molecule has 27 heavy (non-hydrogen) atoms. The summed E-state index contributed by atoms with van der Waals surface area (Å²) in [6.45, 7) is 3.81. The van der Waals surface area contributed by atoms with Gasteiger partial charge in [0.1, 0.15) is 5.41 Å². The van der Waals surface area contributed by atoms with E-state index in [4.69, 9.17) is 0 Å². The van der Waals surface area contributed by atoms with Crippen LogP contribution in [0.5, 0.6) is 0 Å². The average Bonchev–Trinajstić information content (AvgIpc) is 3.40. The molecule has 1 fully saturated rings. The van der Waals surface area contributed by atoms with E-state index in [1.54, 1.807) is 6.07 Å². The molecule has 7 heteroatoms. The van der Waals surface area contributed by atoms with Crippen molar-refractivity contribution < 1.29 is 22.8 Å². The lowest BCUT2D eigenvalue weighted by atomic mass is 10.0. The predicted molar refractivity (Wildman–Crippen MR) is 96.3 cm³/mol. The summed E-state index contributed by atoms with van der Waals surface area (Å²) in [6, 6.07) is 9.66. The molecule has 2 aromatic rings. The number of amides is 2. The van der Waals surface area contributed by atoms with Crippen LogP contribution in [0.2, 0.25) is 0 Å². The Morgan fingerprint density at radius 1 is 0.926 bits per heavy atom. The number of benzene rings is 2. The van der Waals surface area contributed by atoms with Crippen molar-refractivity contribution in [1.29, 1.82) is 0 Å². The Bertz CT molecular complexity index is 885. The number of hydrogen-bond acceptors (Lipinski definition) is 2. The van der Waals surface area contributed by atoms with E-state index in [2.05, 4.69) is 10.6 Å². The monoisotopic (exact) mass is 376 g/mol. The summed E-state index contributed by atoms with van der Waals surface area (Å²) < 4.78 is 37.8. The van der Waals surface area contributed by atoms with E-state index >= 15 is 0 Å². The average molecular weight is 376 g/mol. The van der Waals surface area contributed by atoms with Crippen LogP contribution >= 0.6 is 0 Å². The van der Waals surface area contributed by atoms with Crippen LogP contribution in [0.4, 0.5) is 24.5 Å². The fourth-order valence-corrected chi connectivity index (χ4v) is 2.80. The van der Waals surface area contributed by atoms with Gasteiger partial charge in [-0.1, -0.05) is 12.1 Å². The van der Waals surface area contributed by atoms with E-state index in [9.17, 15) is 22.8 Å². The van der Waals surface area contributed by atoms with Crippen molar-refractivity contribution in [1.82, 2.24) is 0 Å². The molecular weight excluding hydrogens is 357 g/mol. The predicted octanol–water partition coefficient (Wildman–Crippen LogP) is 4.68. The largest absolute Gasteiger partial charge is 0.416 e. The summed E-state index contributed by atoms with van der Waals surface area (Å²) in [5.41, 5.74) is 0.831. The van der Waals surface area contributed by atoms with Gasteiger partial charge in [-0.3, -0.25) is 9.59 Å². The molecule has 1 aliphatic rings. The van der Waals surface area contributed by atoms with Crippen molar-refractivity contribution in [3.63, 3.8) is 0 Å². The van der Waals surface area contributed by atoms with Gasteiger partial charge in [-0.2, -0.15) is 13.2 Å². The lowest BCUT2D eigenvalue weighted by Crippen LogP contribution is -2.35. The number of alkyl halides is 3. The minimum Gasteiger partial charge on any atom is -0.325 e. The first kappa shape index (κ1) is 18.9. The summed E-state index contributed by atoms with van der Waals surface area (Å²) >= 11 is 0. The van der Waals surface area contributed by atoms with Crippen LogP contribution in [-0.2, 0) is 15.8 Å². The van der Waals surface area contributed by atoms with Gasteiger partial charge in [0.05, 0.1) is 5.56 Å². The molecule has 142 valence electrons. The van der Waals surface area contributed by atoms with E-state index in [0.29, 0.717) is 18.5 Å². The molecule has 3 rings (SSSR count). The standard InChI is InChI=1S/C20H19F3N2O2/c1-12-4-3-5-16(13(12)2)25-18(27)19(10-11-19)17(26)24-15-8-6-14(7-9-15)20(21,22)23/h3-9H,10-11H2,1-2H3,(H,24,26)(H,25,27). The van der Waals surface area contributed by atoms with Gasteiger partial charge in [0, 0.05) is 11.4 Å². The van der Waals surface area contributed by atoms with Crippen molar-refractivity contribution in [3.05, 3.63) is 59.2 Å². The Balaban J connectivity index is 1.70. The van der Waals surface area contributed by atoms with E-state index in [-0.39, 0.29) is 5.69 Å². The van der Waals surface area contributed by atoms with Crippen LogP contribution in [0.15, 0.2) is 42.5 Å². The highest BCUT2D eigenvalue weighted by Crippen LogP contribution is 2.47. The molecule has 0 aliphatic heterocycles. The number of halogens is 3. The van der Waals surface area contributed by atoms with Crippen molar-refractivity contribution in [2.24, 2.45) is 5.41 Å². The van der Waals surface area contributed by atoms with Crippen LogP contribution in [0.3, 0.4) is 0 Å². The van der Waals surface area contributed by atoms with Crippen LogP contribution in [0, 0.1) is 19.3 Å². The first-order chi connectivity index (χ1) is 12.6. The zero-order valence-corrected chi connectivity index (χ0v) is 14.9. The molecule has 0 aromatic heterocycles. The third kappa shape index (κ3) is 3.82. The molecule has 2 aromatic carbocycles. The third-order valence-electron chi connectivity index (χ3n) is 4.94. The molecule has 0 unspecified atom stereocenters. The van der Waals surface area contributed by atoms with Gasteiger partial charge in [-0.15, -0.1) is 0 Å². The zero-order chi connectivity index (χ0) is 19.8. The van der Waals surface area contributed by atoms with Crippen LogP contribution in [0.1, 0.15) is 29.5 Å². The van der Waals surface area contributed by atoms with Crippen LogP contribution < -0.4 is 10.6 Å².